The predicted octanol–water partition coefficient (Wildman–Crippen LogP) is 2.35. The topological polar surface area (TPSA) is 46.3 Å². The number of carbonyl (C=O) groups is 1. The Hall–Kier alpha value is -1.95. The highest BCUT2D eigenvalue weighted by molar-refractivity contribution is 5.76. The van der Waals surface area contributed by atoms with Crippen molar-refractivity contribution in [1.29, 1.82) is 0 Å². The van der Waals surface area contributed by atoms with Crippen LogP contribution in [0.15, 0.2) is 18.2 Å². The van der Waals surface area contributed by atoms with Gasteiger partial charge in [-0.3, -0.25) is 4.79 Å². The standard InChI is InChI=1S/C16H20N2O/c1-2-3-4-5-9-16(19)18-11-10-14-13(12-18)7-6-8-15(14)17/h1,6-8H,3-5,9-12,17H2. The normalized spacial score (nSPS) is 13.7. The second kappa shape index (κ2) is 6.29. The van der Waals surface area contributed by atoms with Crippen molar-refractivity contribution in [3.05, 3.63) is 29.3 Å². The summed E-state index contributed by atoms with van der Waals surface area (Å²) in [5.41, 5.74) is 9.19. The molecule has 0 saturated carbocycles. The minimum atomic E-state index is 0.227. The number of hydrogen-bond acceptors (Lipinski definition) is 2. The lowest BCUT2D eigenvalue weighted by molar-refractivity contribution is -0.132. The van der Waals surface area contributed by atoms with Crippen LogP contribution in [0.2, 0.25) is 0 Å². The van der Waals surface area contributed by atoms with Crippen LogP contribution in [0.5, 0.6) is 0 Å². The molecule has 0 aliphatic carbocycles. The Morgan fingerprint density at radius 3 is 3.05 bits per heavy atom. The van der Waals surface area contributed by atoms with Gasteiger partial charge in [0.2, 0.25) is 5.91 Å². The van der Waals surface area contributed by atoms with Gasteiger partial charge in [-0.25, -0.2) is 0 Å². The molecule has 1 amide bonds. The van der Waals surface area contributed by atoms with Crippen LogP contribution in [-0.2, 0) is 17.8 Å². The van der Waals surface area contributed by atoms with E-state index in [1.807, 2.05) is 17.0 Å². The Morgan fingerprint density at radius 1 is 1.42 bits per heavy atom. The first-order valence-corrected chi connectivity index (χ1v) is 6.80. The quantitative estimate of drug-likeness (QED) is 0.510. The number of nitrogens with two attached hydrogens (primary N) is 1. The van der Waals surface area contributed by atoms with Crippen molar-refractivity contribution in [3.63, 3.8) is 0 Å². The summed E-state index contributed by atoms with van der Waals surface area (Å²) in [5, 5.41) is 0. The molecule has 0 atom stereocenters. The second-order valence-electron chi connectivity index (χ2n) is 4.96. The lowest BCUT2D eigenvalue weighted by Crippen LogP contribution is -2.36. The maximum absolute atomic E-state index is 12.1. The number of amides is 1. The van der Waals surface area contributed by atoms with E-state index in [0.29, 0.717) is 13.0 Å². The zero-order valence-electron chi connectivity index (χ0n) is 11.2. The lowest BCUT2D eigenvalue weighted by atomic mass is 9.97. The Morgan fingerprint density at radius 2 is 2.26 bits per heavy atom. The largest absolute Gasteiger partial charge is 0.398 e. The molecule has 1 aliphatic heterocycles. The summed E-state index contributed by atoms with van der Waals surface area (Å²) in [6.07, 6.45) is 9.22. The maximum Gasteiger partial charge on any atom is 0.222 e. The molecule has 2 rings (SSSR count). The van der Waals surface area contributed by atoms with Gasteiger partial charge in [0.1, 0.15) is 0 Å². The van der Waals surface area contributed by atoms with Crippen LogP contribution >= 0.6 is 0 Å². The van der Waals surface area contributed by atoms with Gasteiger partial charge in [0.15, 0.2) is 0 Å². The Balaban J connectivity index is 1.91. The van der Waals surface area contributed by atoms with Crippen molar-refractivity contribution in [2.24, 2.45) is 0 Å². The van der Waals surface area contributed by atoms with E-state index in [9.17, 15) is 4.79 Å². The van der Waals surface area contributed by atoms with Crippen molar-refractivity contribution >= 4 is 11.6 Å². The smallest absolute Gasteiger partial charge is 0.222 e. The fourth-order valence-corrected chi connectivity index (χ4v) is 2.51. The number of fused-ring (bicyclic) bond motifs is 1. The molecule has 0 bridgehead atoms. The molecule has 0 radical (unpaired) electrons. The summed E-state index contributed by atoms with van der Waals surface area (Å²) in [6, 6.07) is 5.94. The average molecular weight is 256 g/mol. The van der Waals surface area contributed by atoms with Crippen LogP contribution in [0.3, 0.4) is 0 Å². The van der Waals surface area contributed by atoms with Gasteiger partial charge in [0.05, 0.1) is 0 Å². The van der Waals surface area contributed by atoms with Crippen LogP contribution in [0.1, 0.15) is 36.8 Å². The van der Waals surface area contributed by atoms with Gasteiger partial charge in [-0.2, -0.15) is 0 Å². The van der Waals surface area contributed by atoms with Gasteiger partial charge in [-0.1, -0.05) is 12.1 Å². The maximum atomic E-state index is 12.1. The van der Waals surface area contributed by atoms with Gasteiger partial charge >= 0.3 is 0 Å². The third-order valence-corrected chi connectivity index (χ3v) is 3.62. The zero-order chi connectivity index (χ0) is 13.7. The molecule has 1 aromatic carbocycles. The number of rotatable bonds is 4. The average Bonchev–Trinajstić information content (AvgIpc) is 2.43. The number of anilines is 1. The van der Waals surface area contributed by atoms with Gasteiger partial charge in [0, 0.05) is 31.6 Å². The number of carbonyl (C=O) groups excluding carboxylic acids is 1. The van der Waals surface area contributed by atoms with Gasteiger partial charge in [-0.05, 0) is 36.5 Å². The Bertz CT molecular complexity index is 502. The molecular weight excluding hydrogens is 236 g/mol. The molecule has 0 saturated heterocycles. The molecular formula is C16H20N2O. The molecule has 1 heterocycles. The highest BCUT2D eigenvalue weighted by atomic mass is 16.2. The van der Waals surface area contributed by atoms with Gasteiger partial charge in [0.25, 0.3) is 0 Å². The number of nitrogen functional groups attached to an aromatic ring is 1. The summed E-state index contributed by atoms with van der Waals surface area (Å²) in [5.74, 6) is 2.83. The third-order valence-electron chi connectivity index (χ3n) is 3.62. The molecule has 0 spiro atoms. The summed E-state index contributed by atoms with van der Waals surface area (Å²) >= 11 is 0. The van der Waals surface area contributed by atoms with E-state index >= 15 is 0 Å². The highest BCUT2D eigenvalue weighted by Gasteiger charge is 2.21. The second-order valence-corrected chi connectivity index (χ2v) is 4.96. The van der Waals surface area contributed by atoms with Gasteiger partial charge in [-0.15, -0.1) is 12.3 Å². The number of terminal acetylenes is 1. The Labute approximate surface area is 114 Å². The van der Waals surface area contributed by atoms with E-state index in [4.69, 9.17) is 12.2 Å². The number of nitrogens with zero attached hydrogens (tertiary/aromatic N) is 1. The SMILES string of the molecule is C#CCCCCC(=O)N1CCc2c(N)cccc2C1. The first-order chi connectivity index (χ1) is 9.22. The molecule has 19 heavy (non-hydrogen) atoms. The first kappa shape index (κ1) is 13.5. The number of benzene rings is 1. The molecule has 0 aromatic heterocycles. The lowest BCUT2D eigenvalue weighted by Gasteiger charge is -2.29. The van der Waals surface area contributed by atoms with Crippen LogP contribution in [0.4, 0.5) is 5.69 Å². The first-order valence-electron chi connectivity index (χ1n) is 6.80. The van der Waals surface area contributed by atoms with Crippen molar-refractivity contribution in [2.75, 3.05) is 12.3 Å². The van der Waals surface area contributed by atoms with E-state index in [1.165, 1.54) is 11.1 Å². The van der Waals surface area contributed by atoms with E-state index in [2.05, 4.69) is 12.0 Å². The summed E-state index contributed by atoms with van der Waals surface area (Å²) in [4.78, 5) is 14.0. The summed E-state index contributed by atoms with van der Waals surface area (Å²) < 4.78 is 0. The molecule has 2 N–H and O–H groups in total. The van der Waals surface area contributed by atoms with Crippen molar-refractivity contribution in [3.8, 4) is 12.3 Å². The van der Waals surface area contributed by atoms with E-state index < -0.39 is 0 Å². The fraction of sp³-hybridized carbons (Fsp3) is 0.438. The predicted molar refractivity (Wildman–Crippen MR) is 77.3 cm³/mol. The molecule has 0 unspecified atom stereocenters. The molecule has 1 aliphatic rings. The minimum Gasteiger partial charge on any atom is -0.398 e. The summed E-state index contributed by atoms with van der Waals surface area (Å²) in [7, 11) is 0. The zero-order valence-corrected chi connectivity index (χ0v) is 11.2. The number of hydrogen-bond donors (Lipinski definition) is 1. The minimum absolute atomic E-state index is 0.227. The summed E-state index contributed by atoms with van der Waals surface area (Å²) in [6.45, 7) is 1.46. The molecule has 100 valence electrons. The highest BCUT2D eigenvalue weighted by Crippen LogP contribution is 2.24. The molecule has 3 nitrogen and oxygen atoms in total. The monoisotopic (exact) mass is 256 g/mol. The van der Waals surface area contributed by atoms with Crippen LogP contribution in [0.25, 0.3) is 0 Å². The fourth-order valence-electron chi connectivity index (χ4n) is 2.51. The van der Waals surface area contributed by atoms with E-state index in [1.54, 1.807) is 0 Å². The van der Waals surface area contributed by atoms with E-state index in [0.717, 1.165) is 37.9 Å². The Kier molecular flexibility index (Phi) is 4.46. The molecule has 1 aromatic rings. The van der Waals surface area contributed by atoms with Crippen molar-refractivity contribution in [1.82, 2.24) is 4.90 Å². The third kappa shape index (κ3) is 3.29. The van der Waals surface area contributed by atoms with Crippen molar-refractivity contribution in [2.45, 2.75) is 38.6 Å². The molecule has 0 fully saturated rings. The van der Waals surface area contributed by atoms with Crippen LogP contribution in [0, 0.1) is 12.3 Å². The number of unbranched alkanes of at least 4 members (excludes halogenated alkanes) is 2. The molecule has 3 heteroatoms. The van der Waals surface area contributed by atoms with Gasteiger partial charge < -0.3 is 10.6 Å². The van der Waals surface area contributed by atoms with Crippen molar-refractivity contribution < 1.29 is 4.79 Å². The van der Waals surface area contributed by atoms with Crippen LogP contribution in [-0.4, -0.2) is 17.4 Å². The van der Waals surface area contributed by atoms with E-state index in [-0.39, 0.29) is 5.91 Å². The van der Waals surface area contributed by atoms with Crippen LogP contribution < -0.4 is 5.73 Å².